The maximum atomic E-state index is 13.3. The third kappa shape index (κ3) is 2.87. The lowest BCUT2D eigenvalue weighted by Crippen LogP contribution is -2.02. The molecule has 1 unspecified atom stereocenters. The first-order valence-corrected chi connectivity index (χ1v) is 7.45. The zero-order valence-electron chi connectivity index (χ0n) is 11.4. The molecule has 0 saturated heterocycles. The van der Waals surface area contributed by atoms with Gasteiger partial charge in [0.15, 0.2) is 0 Å². The summed E-state index contributed by atoms with van der Waals surface area (Å²) in [4.78, 5) is 0. The zero-order chi connectivity index (χ0) is 15.0. The van der Waals surface area contributed by atoms with E-state index in [4.69, 9.17) is 4.42 Å². The quantitative estimate of drug-likeness (QED) is 0.728. The normalized spacial score (nSPS) is 12.8. The van der Waals surface area contributed by atoms with Crippen LogP contribution in [0.25, 0.3) is 11.0 Å². The van der Waals surface area contributed by atoms with Crippen LogP contribution in [0.5, 0.6) is 0 Å². The number of halogens is 2. The van der Waals surface area contributed by atoms with Crippen molar-refractivity contribution in [3.8, 4) is 0 Å². The molecule has 1 atom stereocenters. The number of aliphatic hydroxyl groups excluding tert-OH is 1. The number of furan rings is 1. The molecular weight excluding hydrogens is 335 g/mol. The molecule has 0 fully saturated rings. The van der Waals surface area contributed by atoms with Crippen molar-refractivity contribution in [2.45, 2.75) is 19.4 Å². The number of fused-ring (bicyclic) bond motifs is 1. The van der Waals surface area contributed by atoms with Crippen LogP contribution in [0, 0.1) is 12.7 Å². The molecule has 3 aromatic rings. The van der Waals surface area contributed by atoms with Crippen LogP contribution >= 0.6 is 15.9 Å². The summed E-state index contributed by atoms with van der Waals surface area (Å²) in [6, 6.07) is 12.1. The largest absolute Gasteiger partial charge is 0.458 e. The lowest BCUT2D eigenvalue weighted by Gasteiger charge is -2.09. The maximum Gasteiger partial charge on any atom is 0.137 e. The van der Waals surface area contributed by atoms with E-state index in [1.807, 2.05) is 31.2 Å². The average molecular weight is 349 g/mol. The number of rotatable bonds is 3. The minimum atomic E-state index is -0.755. The predicted molar refractivity (Wildman–Crippen MR) is 83.7 cm³/mol. The highest BCUT2D eigenvalue weighted by molar-refractivity contribution is 9.10. The van der Waals surface area contributed by atoms with Crippen LogP contribution in [-0.4, -0.2) is 5.11 Å². The van der Waals surface area contributed by atoms with E-state index in [9.17, 15) is 9.50 Å². The van der Waals surface area contributed by atoms with E-state index in [2.05, 4.69) is 15.9 Å². The summed E-state index contributed by atoms with van der Waals surface area (Å²) in [5.74, 6) is 0.190. The topological polar surface area (TPSA) is 33.4 Å². The lowest BCUT2D eigenvalue weighted by atomic mass is 10.0. The highest BCUT2D eigenvalue weighted by Crippen LogP contribution is 2.31. The fourth-order valence-corrected chi connectivity index (χ4v) is 2.96. The molecule has 4 heteroatoms. The Bertz CT molecular complexity index is 795. The molecule has 21 heavy (non-hydrogen) atoms. The molecule has 2 nitrogen and oxygen atoms in total. The molecule has 0 saturated carbocycles. The summed E-state index contributed by atoms with van der Waals surface area (Å²) >= 11 is 3.41. The van der Waals surface area contributed by atoms with Crippen LogP contribution in [0.2, 0.25) is 0 Å². The van der Waals surface area contributed by atoms with Crippen LogP contribution in [0.3, 0.4) is 0 Å². The van der Waals surface area contributed by atoms with Crippen LogP contribution in [0.1, 0.15) is 23.0 Å². The number of hydrogen-bond acceptors (Lipinski definition) is 2. The molecular formula is C17H14BrFO2. The van der Waals surface area contributed by atoms with Crippen LogP contribution in [-0.2, 0) is 6.42 Å². The second-order valence-corrected chi connectivity index (χ2v) is 6.00. The van der Waals surface area contributed by atoms with Crippen molar-refractivity contribution in [2.75, 3.05) is 0 Å². The molecule has 1 N–H and O–H groups in total. The van der Waals surface area contributed by atoms with Crippen molar-refractivity contribution < 1.29 is 13.9 Å². The van der Waals surface area contributed by atoms with Gasteiger partial charge in [0.05, 0.1) is 0 Å². The second-order valence-electron chi connectivity index (χ2n) is 5.08. The Kier molecular flexibility index (Phi) is 3.83. The van der Waals surface area contributed by atoms with Gasteiger partial charge in [0, 0.05) is 21.8 Å². The molecule has 3 rings (SSSR count). The number of aliphatic hydroxyl groups is 1. The van der Waals surface area contributed by atoms with Crippen LogP contribution in [0.15, 0.2) is 51.4 Å². The van der Waals surface area contributed by atoms with Gasteiger partial charge >= 0.3 is 0 Å². The van der Waals surface area contributed by atoms with E-state index in [-0.39, 0.29) is 5.82 Å². The fourth-order valence-electron chi connectivity index (χ4n) is 2.51. The summed E-state index contributed by atoms with van der Waals surface area (Å²) in [5, 5.41) is 11.1. The minimum absolute atomic E-state index is 0.306. The molecule has 0 aliphatic rings. The maximum absolute atomic E-state index is 13.3. The molecule has 1 heterocycles. The Hall–Kier alpha value is -1.65. The molecule has 0 aliphatic carbocycles. The molecule has 1 aromatic heterocycles. The molecule has 0 amide bonds. The van der Waals surface area contributed by atoms with Gasteiger partial charge in [-0.05, 0) is 42.8 Å². The van der Waals surface area contributed by atoms with E-state index in [1.165, 1.54) is 12.1 Å². The van der Waals surface area contributed by atoms with Crippen molar-refractivity contribution in [3.05, 3.63) is 69.6 Å². The van der Waals surface area contributed by atoms with Crippen molar-refractivity contribution in [2.24, 2.45) is 0 Å². The first-order valence-electron chi connectivity index (χ1n) is 6.65. The second kappa shape index (κ2) is 5.62. The third-order valence-electron chi connectivity index (χ3n) is 3.56. The first kappa shape index (κ1) is 14.3. The Balaban J connectivity index is 1.94. The van der Waals surface area contributed by atoms with Gasteiger partial charge in [-0.2, -0.15) is 0 Å². The Morgan fingerprint density at radius 2 is 2.05 bits per heavy atom. The zero-order valence-corrected chi connectivity index (χ0v) is 13.0. The molecule has 0 spiro atoms. The lowest BCUT2D eigenvalue weighted by molar-refractivity contribution is 0.151. The van der Waals surface area contributed by atoms with Crippen molar-refractivity contribution >= 4 is 26.9 Å². The number of benzene rings is 2. The monoisotopic (exact) mass is 348 g/mol. The molecule has 0 bridgehead atoms. The molecule has 108 valence electrons. The van der Waals surface area contributed by atoms with Crippen molar-refractivity contribution in [1.82, 2.24) is 0 Å². The van der Waals surface area contributed by atoms with Crippen LogP contribution < -0.4 is 0 Å². The SMILES string of the molecule is Cc1c(C(O)Cc2cccc(Br)c2)oc2ccc(F)cc12. The van der Waals surface area contributed by atoms with Gasteiger partial charge in [0.25, 0.3) is 0 Å². The van der Waals surface area contributed by atoms with Gasteiger partial charge in [0.1, 0.15) is 23.3 Å². The molecule has 2 aromatic carbocycles. The summed E-state index contributed by atoms with van der Waals surface area (Å²) in [7, 11) is 0. The van der Waals surface area contributed by atoms with Crippen molar-refractivity contribution in [3.63, 3.8) is 0 Å². The van der Waals surface area contributed by atoms with E-state index >= 15 is 0 Å². The average Bonchev–Trinajstić information content (AvgIpc) is 2.76. The van der Waals surface area contributed by atoms with Gasteiger partial charge in [0.2, 0.25) is 0 Å². The smallest absolute Gasteiger partial charge is 0.137 e. The summed E-state index contributed by atoms with van der Waals surface area (Å²) in [5.41, 5.74) is 2.38. The van der Waals surface area contributed by atoms with Gasteiger partial charge in [-0.1, -0.05) is 28.1 Å². The standard InChI is InChI=1S/C17H14BrFO2/c1-10-14-9-13(19)5-6-16(14)21-17(10)15(20)8-11-3-2-4-12(18)7-11/h2-7,9,15,20H,8H2,1H3. The first-order chi connectivity index (χ1) is 10.0. The van der Waals surface area contributed by atoms with Gasteiger partial charge in [-0.3, -0.25) is 0 Å². The van der Waals surface area contributed by atoms with Crippen LogP contribution in [0.4, 0.5) is 4.39 Å². The predicted octanol–water partition coefficient (Wildman–Crippen LogP) is 4.92. The Labute approximate surface area is 130 Å². The molecule has 0 aliphatic heterocycles. The number of hydrogen-bond donors (Lipinski definition) is 1. The highest BCUT2D eigenvalue weighted by atomic mass is 79.9. The number of aryl methyl sites for hydroxylation is 1. The third-order valence-corrected chi connectivity index (χ3v) is 4.05. The van der Waals surface area contributed by atoms with E-state index in [1.54, 1.807) is 6.07 Å². The fraction of sp³-hybridized carbons (Fsp3) is 0.176. The van der Waals surface area contributed by atoms with E-state index in [0.717, 1.165) is 15.6 Å². The summed E-state index contributed by atoms with van der Waals surface area (Å²) < 4.78 is 20.0. The summed E-state index contributed by atoms with van der Waals surface area (Å²) in [6.45, 7) is 1.84. The Morgan fingerprint density at radius 3 is 2.81 bits per heavy atom. The van der Waals surface area contributed by atoms with Gasteiger partial charge < -0.3 is 9.52 Å². The van der Waals surface area contributed by atoms with Gasteiger partial charge in [-0.15, -0.1) is 0 Å². The summed E-state index contributed by atoms with van der Waals surface area (Å²) in [6.07, 6.45) is -0.308. The molecule has 0 radical (unpaired) electrons. The van der Waals surface area contributed by atoms with Gasteiger partial charge in [-0.25, -0.2) is 4.39 Å². The Morgan fingerprint density at radius 1 is 1.24 bits per heavy atom. The van der Waals surface area contributed by atoms with E-state index in [0.29, 0.717) is 23.2 Å². The van der Waals surface area contributed by atoms with E-state index < -0.39 is 6.10 Å². The highest BCUT2D eigenvalue weighted by Gasteiger charge is 2.19. The van der Waals surface area contributed by atoms with Crippen molar-refractivity contribution in [1.29, 1.82) is 0 Å². The minimum Gasteiger partial charge on any atom is -0.458 e.